The van der Waals surface area contributed by atoms with E-state index in [0.29, 0.717) is 18.4 Å². The molecule has 148 valence electrons. The van der Waals surface area contributed by atoms with Crippen LogP contribution in [0.25, 0.3) is 0 Å². The predicted octanol–water partition coefficient (Wildman–Crippen LogP) is 2.28. The molecule has 0 bridgehead atoms. The molecule has 1 aromatic heterocycles. The normalized spacial score (nSPS) is 19.3. The van der Waals surface area contributed by atoms with E-state index < -0.39 is 41.3 Å². The third kappa shape index (κ3) is 2.80. The molecular weight excluding hydrogens is 382 g/mol. The molecule has 9 heteroatoms. The lowest BCUT2D eigenvalue weighted by Crippen LogP contribution is -2.51. The second-order valence-corrected chi connectivity index (χ2v) is 7.72. The first-order chi connectivity index (χ1) is 13.9. The molecule has 0 radical (unpaired) electrons. The number of nitrogens with one attached hydrogen (secondary N) is 1. The highest BCUT2D eigenvalue weighted by molar-refractivity contribution is 6.16. The van der Waals surface area contributed by atoms with Crippen molar-refractivity contribution in [2.45, 2.75) is 37.0 Å². The van der Waals surface area contributed by atoms with Crippen LogP contribution in [0.3, 0.4) is 0 Å². The molecule has 0 atom stereocenters. The molecule has 2 heterocycles. The van der Waals surface area contributed by atoms with E-state index in [4.69, 9.17) is 0 Å². The fraction of sp³-hybridized carbons (Fsp3) is 0.350. The minimum Gasteiger partial charge on any atom is -0.293 e. The van der Waals surface area contributed by atoms with Gasteiger partial charge in [0.1, 0.15) is 12.4 Å². The van der Waals surface area contributed by atoms with Gasteiger partial charge in [-0.1, -0.05) is 6.07 Å². The van der Waals surface area contributed by atoms with Gasteiger partial charge in [-0.2, -0.15) is 0 Å². The van der Waals surface area contributed by atoms with Gasteiger partial charge in [-0.05, 0) is 43.2 Å². The van der Waals surface area contributed by atoms with Gasteiger partial charge in [-0.25, -0.2) is 18.7 Å². The number of benzene rings is 1. The van der Waals surface area contributed by atoms with Crippen molar-refractivity contribution in [2.24, 2.45) is 0 Å². The molecule has 3 amide bonds. The Labute approximate surface area is 164 Å². The highest BCUT2D eigenvalue weighted by Crippen LogP contribution is 2.55. The number of carbonyl (C=O) groups excluding carboxylic acids is 3. The fourth-order valence-corrected chi connectivity index (χ4v) is 3.97. The molecule has 3 aliphatic rings. The quantitative estimate of drug-likeness (QED) is 0.798. The van der Waals surface area contributed by atoms with Gasteiger partial charge >= 0.3 is 0 Å². The Morgan fingerprint density at radius 2 is 1.86 bits per heavy atom. The van der Waals surface area contributed by atoms with E-state index in [2.05, 4.69) is 15.3 Å². The monoisotopic (exact) mass is 398 g/mol. The third-order valence-electron chi connectivity index (χ3n) is 5.72. The summed E-state index contributed by atoms with van der Waals surface area (Å²) in [6.45, 7) is -0.550. The van der Waals surface area contributed by atoms with Crippen LogP contribution < -0.4 is 5.32 Å². The molecule has 1 aliphatic heterocycles. The Morgan fingerprint density at radius 3 is 2.48 bits per heavy atom. The van der Waals surface area contributed by atoms with E-state index in [9.17, 15) is 18.8 Å². The van der Waals surface area contributed by atoms with Gasteiger partial charge in [-0.3, -0.25) is 24.6 Å². The fourth-order valence-electron chi connectivity index (χ4n) is 3.97. The van der Waals surface area contributed by atoms with Crippen LogP contribution in [0.2, 0.25) is 0 Å². The minimum absolute atomic E-state index is 0.134. The summed E-state index contributed by atoms with van der Waals surface area (Å²) in [7, 11) is 0. The van der Waals surface area contributed by atoms with Crippen LogP contribution in [0, 0.1) is 11.6 Å². The van der Waals surface area contributed by atoms with Crippen LogP contribution in [-0.2, 0) is 15.0 Å². The first kappa shape index (κ1) is 17.8. The van der Waals surface area contributed by atoms with E-state index in [1.54, 1.807) is 12.1 Å². The van der Waals surface area contributed by atoms with Crippen molar-refractivity contribution in [1.29, 1.82) is 0 Å². The van der Waals surface area contributed by atoms with E-state index >= 15 is 4.39 Å². The van der Waals surface area contributed by atoms with Crippen LogP contribution in [0.15, 0.2) is 24.5 Å². The molecule has 5 rings (SSSR count). The van der Waals surface area contributed by atoms with Gasteiger partial charge in [0.25, 0.3) is 5.91 Å². The second-order valence-electron chi connectivity index (χ2n) is 7.72. The Hall–Kier alpha value is -3.23. The summed E-state index contributed by atoms with van der Waals surface area (Å²) in [4.78, 5) is 46.3. The lowest BCUT2D eigenvalue weighted by molar-refractivity contribution is -0.135. The molecule has 2 saturated carbocycles. The lowest BCUT2D eigenvalue weighted by atomic mass is 9.83. The Morgan fingerprint density at radius 1 is 1.17 bits per heavy atom. The molecule has 2 aliphatic carbocycles. The number of hydrogen-bond donors (Lipinski definition) is 1. The predicted molar refractivity (Wildman–Crippen MR) is 96.0 cm³/mol. The first-order valence-electron chi connectivity index (χ1n) is 9.37. The number of carbonyl (C=O) groups is 3. The summed E-state index contributed by atoms with van der Waals surface area (Å²) >= 11 is 0. The van der Waals surface area contributed by atoms with E-state index in [1.807, 2.05) is 0 Å². The number of hydrogen-bond acceptors (Lipinski definition) is 5. The van der Waals surface area contributed by atoms with E-state index in [1.165, 1.54) is 0 Å². The lowest BCUT2D eigenvalue weighted by Gasteiger charge is -2.33. The molecule has 0 unspecified atom stereocenters. The molecule has 1 N–H and O–H groups in total. The average molecular weight is 398 g/mol. The molecular formula is C20H16F2N4O3. The summed E-state index contributed by atoms with van der Waals surface area (Å²) in [5.41, 5.74) is -0.175. The Balaban J connectivity index is 1.43. The summed E-state index contributed by atoms with van der Waals surface area (Å²) in [5.74, 6) is -3.06. The standard InChI is InChI=1S/C20H16F2N4O3/c21-11-7-23-19(24-8-11)25-14(27)9-26-17(28)13-4-3-12(10-1-2-10)16(22)15(13)20(5-6-20)18(26)29/h3-4,7-8,10H,1-2,5-6,9H2,(H,23,24,25,27). The zero-order valence-corrected chi connectivity index (χ0v) is 15.2. The maximum atomic E-state index is 15.2. The molecule has 0 saturated heterocycles. The van der Waals surface area contributed by atoms with Crippen molar-refractivity contribution in [1.82, 2.24) is 14.9 Å². The number of fused-ring (bicyclic) bond motifs is 2. The molecule has 7 nitrogen and oxygen atoms in total. The zero-order valence-electron chi connectivity index (χ0n) is 15.2. The third-order valence-corrected chi connectivity index (χ3v) is 5.72. The minimum atomic E-state index is -1.06. The van der Waals surface area contributed by atoms with Gasteiger partial charge in [0.15, 0.2) is 5.82 Å². The smallest absolute Gasteiger partial charge is 0.261 e. The molecule has 2 fully saturated rings. The molecule has 29 heavy (non-hydrogen) atoms. The Bertz CT molecular complexity index is 1060. The highest BCUT2D eigenvalue weighted by atomic mass is 19.1. The topological polar surface area (TPSA) is 92.3 Å². The van der Waals surface area contributed by atoms with Crippen LogP contribution in [-0.4, -0.2) is 39.1 Å². The van der Waals surface area contributed by atoms with Gasteiger partial charge in [0.05, 0.1) is 17.8 Å². The van der Waals surface area contributed by atoms with Crippen molar-refractivity contribution < 1.29 is 23.2 Å². The van der Waals surface area contributed by atoms with Gasteiger partial charge in [-0.15, -0.1) is 0 Å². The highest BCUT2D eigenvalue weighted by Gasteiger charge is 2.60. The number of amides is 3. The number of anilines is 1. The molecule has 1 aromatic carbocycles. The Kier molecular flexibility index (Phi) is 3.77. The largest absolute Gasteiger partial charge is 0.293 e. The van der Waals surface area contributed by atoms with Crippen molar-refractivity contribution in [3.05, 3.63) is 52.9 Å². The van der Waals surface area contributed by atoms with E-state index in [-0.39, 0.29) is 23.0 Å². The number of imide groups is 1. The maximum absolute atomic E-state index is 15.2. The van der Waals surface area contributed by atoms with Gasteiger partial charge in [0.2, 0.25) is 17.8 Å². The second kappa shape index (κ2) is 6.13. The molecule has 1 spiro atoms. The van der Waals surface area contributed by atoms with E-state index in [0.717, 1.165) is 30.1 Å². The van der Waals surface area contributed by atoms with Crippen LogP contribution >= 0.6 is 0 Å². The summed E-state index contributed by atoms with van der Waals surface area (Å²) in [5, 5.41) is 2.32. The first-order valence-corrected chi connectivity index (χ1v) is 9.37. The van der Waals surface area contributed by atoms with Crippen LogP contribution in [0.5, 0.6) is 0 Å². The zero-order chi connectivity index (χ0) is 20.3. The maximum Gasteiger partial charge on any atom is 0.261 e. The summed E-state index contributed by atoms with van der Waals surface area (Å²) < 4.78 is 28.1. The number of rotatable bonds is 4. The number of aromatic nitrogens is 2. The number of nitrogens with zero attached hydrogens (tertiary/aromatic N) is 3. The van der Waals surface area contributed by atoms with Crippen molar-refractivity contribution in [3.63, 3.8) is 0 Å². The summed E-state index contributed by atoms with van der Waals surface area (Å²) in [6, 6.07) is 3.18. The average Bonchev–Trinajstić information content (AvgIpc) is 3.60. The molecule has 2 aromatic rings. The van der Waals surface area contributed by atoms with Crippen molar-refractivity contribution >= 4 is 23.7 Å². The number of halogens is 2. The summed E-state index contributed by atoms with van der Waals surface area (Å²) in [6.07, 6.45) is 4.46. The van der Waals surface area contributed by atoms with Gasteiger partial charge < -0.3 is 0 Å². The van der Waals surface area contributed by atoms with Crippen molar-refractivity contribution in [2.75, 3.05) is 11.9 Å². The van der Waals surface area contributed by atoms with Gasteiger partial charge in [0, 0.05) is 11.1 Å². The van der Waals surface area contributed by atoms with Crippen molar-refractivity contribution in [3.8, 4) is 0 Å². The SMILES string of the molecule is O=C(CN1C(=O)c2ccc(C3CC3)c(F)c2C2(CC2)C1=O)Nc1ncc(F)cn1. The van der Waals surface area contributed by atoms with Crippen LogP contribution in [0.1, 0.15) is 53.1 Å². The van der Waals surface area contributed by atoms with Crippen LogP contribution in [0.4, 0.5) is 14.7 Å².